The summed E-state index contributed by atoms with van der Waals surface area (Å²) in [6.45, 7) is 0. The van der Waals surface area contributed by atoms with E-state index in [4.69, 9.17) is 34.8 Å². The molecule has 1 nitrogen and oxygen atoms in total. The lowest BCUT2D eigenvalue weighted by Gasteiger charge is -2.07. The zero-order valence-corrected chi connectivity index (χ0v) is 10.3. The summed E-state index contributed by atoms with van der Waals surface area (Å²) in [5, 5.41) is 10.5. The second kappa shape index (κ2) is 4.54. The van der Waals surface area contributed by atoms with Gasteiger partial charge < -0.3 is 5.11 Å². The van der Waals surface area contributed by atoms with Gasteiger partial charge in [-0.2, -0.15) is 0 Å². The standard InChI is InChI=1S/C12H7Cl3O/c13-8-3-1-7(2-4-8)9-5-6-10(16)12(15)11(9)14/h1-6,16H. The lowest BCUT2D eigenvalue weighted by molar-refractivity contribution is 0.475. The van der Waals surface area contributed by atoms with Crippen LogP contribution < -0.4 is 0 Å². The number of phenols is 1. The largest absolute Gasteiger partial charge is 0.506 e. The van der Waals surface area contributed by atoms with Crippen LogP contribution in [0.5, 0.6) is 5.75 Å². The molecule has 16 heavy (non-hydrogen) atoms. The maximum atomic E-state index is 9.38. The molecule has 0 atom stereocenters. The van der Waals surface area contributed by atoms with Crippen molar-refractivity contribution in [3.63, 3.8) is 0 Å². The third-order valence-electron chi connectivity index (χ3n) is 2.22. The molecule has 4 heteroatoms. The third-order valence-corrected chi connectivity index (χ3v) is 3.34. The monoisotopic (exact) mass is 272 g/mol. The van der Waals surface area contributed by atoms with Crippen molar-refractivity contribution in [3.8, 4) is 16.9 Å². The Morgan fingerprint density at radius 1 is 0.750 bits per heavy atom. The molecule has 82 valence electrons. The number of rotatable bonds is 1. The van der Waals surface area contributed by atoms with E-state index in [9.17, 15) is 5.11 Å². The van der Waals surface area contributed by atoms with E-state index in [1.807, 2.05) is 12.1 Å². The summed E-state index contributed by atoms with van der Waals surface area (Å²) < 4.78 is 0. The molecule has 2 aromatic carbocycles. The summed E-state index contributed by atoms with van der Waals surface area (Å²) >= 11 is 17.7. The molecule has 0 spiro atoms. The lowest BCUT2D eigenvalue weighted by atomic mass is 10.1. The van der Waals surface area contributed by atoms with Gasteiger partial charge in [-0.25, -0.2) is 0 Å². The average molecular weight is 274 g/mol. The fourth-order valence-electron chi connectivity index (χ4n) is 1.39. The van der Waals surface area contributed by atoms with Gasteiger partial charge in [-0.1, -0.05) is 46.9 Å². The van der Waals surface area contributed by atoms with Gasteiger partial charge in [0.15, 0.2) is 0 Å². The van der Waals surface area contributed by atoms with Crippen LogP contribution in [0.25, 0.3) is 11.1 Å². The highest BCUT2D eigenvalue weighted by Crippen LogP contribution is 2.38. The van der Waals surface area contributed by atoms with Crippen LogP contribution in [0.15, 0.2) is 36.4 Å². The first-order valence-electron chi connectivity index (χ1n) is 4.52. The summed E-state index contributed by atoms with van der Waals surface area (Å²) in [5.41, 5.74) is 1.66. The van der Waals surface area contributed by atoms with Crippen LogP contribution in [0.4, 0.5) is 0 Å². The Hall–Kier alpha value is -0.890. The SMILES string of the molecule is Oc1ccc(-c2ccc(Cl)cc2)c(Cl)c1Cl. The number of phenolic OH excluding ortho intramolecular Hbond substituents is 1. The fourth-order valence-corrected chi connectivity index (χ4v) is 1.95. The Kier molecular flexibility index (Phi) is 3.29. The number of aromatic hydroxyl groups is 1. The molecule has 0 heterocycles. The molecule has 0 aliphatic carbocycles. The average Bonchev–Trinajstić information content (AvgIpc) is 2.28. The highest BCUT2D eigenvalue weighted by Gasteiger charge is 2.10. The maximum absolute atomic E-state index is 9.38. The van der Waals surface area contributed by atoms with E-state index >= 15 is 0 Å². The number of benzene rings is 2. The van der Waals surface area contributed by atoms with Gasteiger partial charge in [0.05, 0.1) is 5.02 Å². The Balaban J connectivity index is 2.57. The van der Waals surface area contributed by atoms with Crippen molar-refractivity contribution in [2.24, 2.45) is 0 Å². The zero-order valence-electron chi connectivity index (χ0n) is 8.05. The molecular weight excluding hydrogens is 266 g/mol. The van der Waals surface area contributed by atoms with Crippen LogP contribution in [0, 0.1) is 0 Å². The minimum absolute atomic E-state index is 0.0237. The molecule has 2 rings (SSSR count). The molecular formula is C12H7Cl3O. The molecule has 0 aliphatic rings. The molecule has 0 saturated heterocycles. The van der Waals surface area contributed by atoms with Crippen LogP contribution in [0.2, 0.25) is 15.1 Å². The van der Waals surface area contributed by atoms with Gasteiger partial charge in [-0.15, -0.1) is 0 Å². The van der Waals surface area contributed by atoms with Crippen LogP contribution >= 0.6 is 34.8 Å². The molecule has 0 fully saturated rings. The van der Waals surface area contributed by atoms with Crippen molar-refractivity contribution in [1.82, 2.24) is 0 Å². The molecule has 0 radical (unpaired) electrons. The van der Waals surface area contributed by atoms with Crippen molar-refractivity contribution in [1.29, 1.82) is 0 Å². The summed E-state index contributed by atoms with van der Waals surface area (Å²) in [7, 11) is 0. The maximum Gasteiger partial charge on any atom is 0.135 e. The third kappa shape index (κ3) is 2.12. The van der Waals surface area contributed by atoms with Crippen LogP contribution in [0.1, 0.15) is 0 Å². The van der Waals surface area contributed by atoms with Crippen molar-refractivity contribution < 1.29 is 5.11 Å². The van der Waals surface area contributed by atoms with Gasteiger partial charge in [0.25, 0.3) is 0 Å². The number of hydrogen-bond acceptors (Lipinski definition) is 1. The topological polar surface area (TPSA) is 20.2 Å². The Bertz CT molecular complexity index is 521. The number of hydrogen-bond donors (Lipinski definition) is 1. The van der Waals surface area contributed by atoms with Gasteiger partial charge in [0.1, 0.15) is 10.8 Å². The van der Waals surface area contributed by atoms with Crippen LogP contribution in [-0.4, -0.2) is 5.11 Å². The molecule has 0 amide bonds. The highest BCUT2D eigenvalue weighted by molar-refractivity contribution is 6.44. The Morgan fingerprint density at radius 2 is 1.38 bits per heavy atom. The molecule has 1 N–H and O–H groups in total. The fraction of sp³-hybridized carbons (Fsp3) is 0. The summed E-state index contributed by atoms with van der Waals surface area (Å²) in [6.07, 6.45) is 0. The van der Waals surface area contributed by atoms with Crippen LogP contribution in [-0.2, 0) is 0 Å². The molecule has 0 bridgehead atoms. The molecule has 0 saturated carbocycles. The van der Waals surface area contributed by atoms with Gasteiger partial charge in [-0.05, 0) is 29.8 Å². The van der Waals surface area contributed by atoms with Crippen LogP contribution in [0.3, 0.4) is 0 Å². The molecule has 0 unspecified atom stereocenters. The first kappa shape index (κ1) is 11.6. The molecule has 2 aromatic rings. The smallest absolute Gasteiger partial charge is 0.135 e. The normalized spacial score (nSPS) is 10.4. The molecule has 0 aromatic heterocycles. The first-order chi connectivity index (χ1) is 7.59. The van der Waals surface area contributed by atoms with Crippen molar-refractivity contribution in [2.45, 2.75) is 0 Å². The zero-order chi connectivity index (χ0) is 11.7. The number of halogens is 3. The van der Waals surface area contributed by atoms with Gasteiger partial charge in [0, 0.05) is 10.6 Å². The highest BCUT2D eigenvalue weighted by atomic mass is 35.5. The van der Waals surface area contributed by atoms with Gasteiger partial charge >= 0.3 is 0 Å². The van der Waals surface area contributed by atoms with E-state index in [0.717, 1.165) is 11.1 Å². The Labute approximate surface area is 108 Å². The van der Waals surface area contributed by atoms with E-state index in [1.54, 1.807) is 18.2 Å². The van der Waals surface area contributed by atoms with Gasteiger partial charge in [-0.3, -0.25) is 0 Å². The van der Waals surface area contributed by atoms with E-state index in [1.165, 1.54) is 6.07 Å². The van der Waals surface area contributed by atoms with Crippen molar-refractivity contribution in [2.75, 3.05) is 0 Å². The quantitative estimate of drug-likeness (QED) is 0.773. The van der Waals surface area contributed by atoms with Gasteiger partial charge in [0.2, 0.25) is 0 Å². The first-order valence-corrected chi connectivity index (χ1v) is 5.66. The van der Waals surface area contributed by atoms with Crippen molar-refractivity contribution in [3.05, 3.63) is 51.5 Å². The summed E-state index contributed by atoms with van der Waals surface area (Å²) in [6, 6.07) is 10.5. The van der Waals surface area contributed by atoms with E-state index in [0.29, 0.717) is 10.0 Å². The summed E-state index contributed by atoms with van der Waals surface area (Å²) in [4.78, 5) is 0. The summed E-state index contributed by atoms with van der Waals surface area (Å²) in [5.74, 6) is -0.0237. The second-order valence-electron chi connectivity index (χ2n) is 3.27. The Morgan fingerprint density at radius 3 is 2.00 bits per heavy atom. The van der Waals surface area contributed by atoms with Crippen molar-refractivity contribution >= 4 is 34.8 Å². The van der Waals surface area contributed by atoms with E-state index < -0.39 is 0 Å². The van der Waals surface area contributed by atoms with E-state index in [2.05, 4.69) is 0 Å². The predicted octanol–water partition coefficient (Wildman–Crippen LogP) is 5.02. The minimum atomic E-state index is -0.0237. The predicted molar refractivity (Wildman–Crippen MR) is 68.6 cm³/mol. The molecule has 0 aliphatic heterocycles. The minimum Gasteiger partial charge on any atom is -0.506 e. The lowest BCUT2D eigenvalue weighted by Crippen LogP contribution is -1.81. The van der Waals surface area contributed by atoms with E-state index in [-0.39, 0.29) is 10.8 Å². The second-order valence-corrected chi connectivity index (χ2v) is 4.46.